The van der Waals surface area contributed by atoms with Crippen molar-refractivity contribution in [1.29, 1.82) is 0 Å². The highest BCUT2D eigenvalue weighted by Gasteiger charge is 2.11. The first-order valence-electron chi connectivity index (χ1n) is 10.3. The van der Waals surface area contributed by atoms with Gasteiger partial charge in [0.15, 0.2) is 5.96 Å². The molecule has 1 aliphatic rings. The fraction of sp³-hybridized carbons (Fsp3) is 0.667. The van der Waals surface area contributed by atoms with Crippen LogP contribution in [-0.2, 0) is 0 Å². The molecule has 1 aliphatic heterocycles. The average molecular weight is 377 g/mol. The number of rotatable bonds is 10. The lowest BCUT2D eigenvalue weighted by Crippen LogP contribution is -2.39. The van der Waals surface area contributed by atoms with E-state index in [-0.39, 0.29) is 6.10 Å². The summed E-state index contributed by atoms with van der Waals surface area (Å²) in [5.41, 5.74) is 0.821. The minimum atomic E-state index is -0.652. The van der Waals surface area contributed by atoms with Gasteiger partial charge in [-0.05, 0) is 77.4 Å². The summed E-state index contributed by atoms with van der Waals surface area (Å²) in [7, 11) is 0. The van der Waals surface area contributed by atoms with Gasteiger partial charge in [0.1, 0.15) is 5.75 Å². The number of benzene rings is 1. The Morgan fingerprint density at radius 2 is 2.04 bits per heavy atom. The standard InChI is InChI=1S/C21H36N4O2/c1-4-22-21(23-11-8-14-25-12-5-6-13-25)24-16-20(26)18-9-7-10-19(15-18)27-17(2)3/h7,9-10,15,17,20,26H,4-6,8,11-14,16H2,1-3H3,(H2,22,23,24). The van der Waals surface area contributed by atoms with Crippen molar-refractivity contribution >= 4 is 5.96 Å². The van der Waals surface area contributed by atoms with Gasteiger partial charge in [0.25, 0.3) is 0 Å². The van der Waals surface area contributed by atoms with E-state index < -0.39 is 6.10 Å². The third kappa shape index (κ3) is 8.18. The van der Waals surface area contributed by atoms with Crippen LogP contribution in [0.1, 0.15) is 51.7 Å². The Hall–Kier alpha value is -1.79. The second kappa shape index (κ2) is 11.8. The first-order valence-corrected chi connectivity index (χ1v) is 10.3. The molecule has 3 N–H and O–H groups in total. The SMILES string of the molecule is CCNC(=NCC(O)c1cccc(OC(C)C)c1)NCCCN1CCCC1. The molecular formula is C21H36N4O2. The summed E-state index contributed by atoms with van der Waals surface area (Å²) >= 11 is 0. The van der Waals surface area contributed by atoms with Crippen molar-refractivity contribution in [1.82, 2.24) is 15.5 Å². The van der Waals surface area contributed by atoms with Crippen LogP contribution >= 0.6 is 0 Å². The van der Waals surface area contributed by atoms with E-state index in [2.05, 4.69) is 20.5 Å². The van der Waals surface area contributed by atoms with Crippen molar-refractivity contribution in [3.63, 3.8) is 0 Å². The number of nitrogens with zero attached hydrogens (tertiary/aromatic N) is 2. The Bertz CT molecular complexity index is 571. The van der Waals surface area contributed by atoms with E-state index in [0.29, 0.717) is 6.54 Å². The number of guanidine groups is 1. The molecule has 1 aromatic rings. The van der Waals surface area contributed by atoms with Crippen LogP contribution in [0.2, 0.25) is 0 Å². The predicted molar refractivity (Wildman–Crippen MR) is 111 cm³/mol. The van der Waals surface area contributed by atoms with Crippen LogP contribution in [0.4, 0.5) is 0 Å². The second-order valence-corrected chi connectivity index (χ2v) is 7.30. The molecule has 1 atom stereocenters. The summed E-state index contributed by atoms with van der Waals surface area (Å²) in [5, 5.41) is 17.1. The van der Waals surface area contributed by atoms with Gasteiger partial charge in [-0.15, -0.1) is 0 Å². The molecule has 6 heteroatoms. The van der Waals surface area contributed by atoms with Crippen LogP contribution in [-0.4, -0.2) is 61.3 Å². The van der Waals surface area contributed by atoms with E-state index in [1.54, 1.807) is 0 Å². The Morgan fingerprint density at radius 3 is 2.74 bits per heavy atom. The van der Waals surface area contributed by atoms with Crippen LogP contribution < -0.4 is 15.4 Å². The Morgan fingerprint density at radius 1 is 1.26 bits per heavy atom. The summed E-state index contributed by atoms with van der Waals surface area (Å²) in [4.78, 5) is 7.06. The zero-order chi connectivity index (χ0) is 19.5. The van der Waals surface area contributed by atoms with Crippen LogP contribution in [0.25, 0.3) is 0 Å². The van der Waals surface area contributed by atoms with Crippen molar-refractivity contribution in [2.24, 2.45) is 4.99 Å². The van der Waals surface area contributed by atoms with Gasteiger partial charge >= 0.3 is 0 Å². The van der Waals surface area contributed by atoms with Crippen LogP contribution in [0.15, 0.2) is 29.3 Å². The van der Waals surface area contributed by atoms with Gasteiger partial charge in [-0.25, -0.2) is 0 Å². The molecule has 0 radical (unpaired) electrons. The predicted octanol–water partition coefficient (Wildman–Crippen LogP) is 2.55. The zero-order valence-electron chi connectivity index (χ0n) is 17.1. The largest absolute Gasteiger partial charge is 0.491 e. The molecule has 152 valence electrons. The molecule has 0 bridgehead atoms. The second-order valence-electron chi connectivity index (χ2n) is 7.30. The number of hydrogen-bond acceptors (Lipinski definition) is 4. The van der Waals surface area contributed by atoms with Gasteiger partial charge in [-0.3, -0.25) is 4.99 Å². The third-order valence-corrected chi connectivity index (χ3v) is 4.52. The number of likely N-dealkylation sites (tertiary alicyclic amines) is 1. The van der Waals surface area contributed by atoms with Crippen molar-refractivity contribution in [2.45, 2.75) is 52.2 Å². The van der Waals surface area contributed by atoms with E-state index in [9.17, 15) is 5.11 Å². The molecular weight excluding hydrogens is 340 g/mol. The number of aliphatic hydroxyl groups excluding tert-OH is 1. The molecule has 2 rings (SSSR count). The van der Waals surface area contributed by atoms with Gasteiger partial charge in [-0.1, -0.05) is 12.1 Å². The van der Waals surface area contributed by atoms with Gasteiger partial charge in [0, 0.05) is 13.1 Å². The quantitative estimate of drug-likeness (QED) is 0.333. The summed E-state index contributed by atoms with van der Waals surface area (Å²) in [6.07, 6.45) is 3.22. The van der Waals surface area contributed by atoms with Crippen molar-refractivity contribution in [3.05, 3.63) is 29.8 Å². The zero-order valence-corrected chi connectivity index (χ0v) is 17.1. The van der Waals surface area contributed by atoms with Gasteiger partial charge in [0.05, 0.1) is 18.8 Å². The molecule has 1 unspecified atom stereocenters. The van der Waals surface area contributed by atoms with Crippen LogP contribution in [0, 0.1) is 0 Å². The maximum atomic E-state index is 10.5. The normalized spacial score (nSPS) is 16.6. The molecule has 1 saturated heterocycles. The minimum absolute atomic E-state index is 0.112. The highest BCUT2D eigenvalue weighted by molar-refractivity contribution is 5.79. The van der Waals surface area contributed by atoms with E-state index in [1.807, 2.05) is 45.0 Å². The fourth-order valence-corrected chi connectivity index (χ4v) is 3.21. The van der Waals surface area contributed by atoms with E-state index >= 15 is 0 Å². The maximum absolute atomic E-state index is 10.5. The topological polar surface area (TPSA) is 69.1 Å². The first-order chi connectivity index (χ1) is 13.1. The Balaban J connectivity index is 1.81. The molecule has 0 spiro atoms. The van der Waals surface area contributed by atoms with Crippen LogP contribution in [0.3, 0.4) is 0 Å². The van der Waals surface area contributed by atoms with E-state index in [0.717, 1.165) is 43.3 Å². The molecule has 0 aromatic heterocycles. The average Bonchev–Trinajstić information content (AvgIpc) is 3.16. The molecule has 1 aromatic carbocycles. The van der Waals surface area contributed by atoms with Crippen LogP contribution in [0.5, 0.6) is 5.75 Å². The molecule has 27 heavy (non-hydrogen) atoms. The van der Waals surface area contributed by atoms with Gasteiger partial charge < -0.3 is 25.4 Å². The lowest BCUT2D eigenvalue weighted by Gasteiger charge is -2.16. The minimum Gasteiger partial charge on any atom is -0.491 e. The lowest BCUT2D eigenvalue weighted by molar-refractivity contribution is 0.185. The number of nitrogens with one attached hydrogen (secondary N) is 2. The molecule has 1 fully saturated rings. The lowest BCUT2D eigenvalue weighted by atomic mass is 10.1. The number of hydrogen-bond donors (Lipinski definition) is 3. The Kier molecular flexibility index (Phi) is 9.42. The van der Waals surface area contributed by atoms with E-state index in [4.69, 9.17) is 4.74 Å². The summed E-state index contributed by atoms with van der Waals surface area (Å²) in [6.45, 7) is 11.6. The molecule has 0 amide bonds. The van der Waals surface area contributed by atoms with Crippen molar-refractivity contribution in [3.8, 4) is 5.75 Å². The molecule has 1 heterocycles. The highest BCUT2D eigenvalue weighted by Crippen LogP contribution is 2.20. The number of aliphatic hydroxyl groups is 1. The first kappa shape index (κ1) is 21.5. The Labute approximate surface area is 164 Å². The summed E-state index contributed by atoms with van der Waals surface area (Å²) < 4.78 is 5.70. The molecule has 6 nitrogen and oxygen atoms in total. The fourth-order valence-electron chi connectivity index (χ4n) is 3.21. The molecule has 0 saturated carbocycles. The summed E-state index contributed by atoms with van der Waals surface area (Å²) in [5.74, 6) is 1.53. The molecule has 0 aliphatic carbocycles. The third-order valence-electron chi connectivity index (χ3n) is 4.52. The smallest absolute Gasteiger partial charge is 0.191 e. The highest BCUT2D eigenvalue weighted by atomic mass is 16.5. The van der Waals surface area contributed by atoms with E-state index in [1.165, 1.54) is 25.9 Å². The summed E-state index contributed by atoms with van der Waals surface area (Å²) in [6, 6.07) is 7.60. The monoisotopic (exact) mass is 376 g/mol. The maximum Gasteiger partial charge on any atom is 0.191 e. The van der Waals surface area contributed by atoms with Crippen molar-refractivity contribution < 1.29 is 9.84 Å². The number of aliphatic imine (C=N–C) groups is 1. The number of ether oxygens (including phenoxy) is 1. The van der Waals surface area contributed by atoms with Gasteiger partial charge in [-0.2, -0.15) is 0 Å². The van der Waals surface area contributed by atoms with Gasteiger partial charge in [0.2, 0.25) is 0 Å². The van der Waals surface area contributed by atoms with Crippen molar-refractivity contribution in [2.75, 3.05) is 39.3 Å².